The second-order valence-corrected chi connectivity index (χ2v) is 6.11. The highest BCUT2D eigenvalue weighted by Gasteiger charge is 2.25. The summed E-state index contributed by atoms with van der Waals surface area (Å²) < 4.78 is 0. The zero-order valence-corrected chi connectivity index (χ0v) is 12.6. The number of carboxylic acid groups (broad SMARTS) is 1. The van der Waals surface area contributed by atoms with E-state index in [9.17, 15) is 9.59 Å². The third kappa shape index (κ3) is 4.32. The van der Waals surface area contributed by atoms with Crippen molar-refractivity contribution in [2.75, 3.05) is 6.26 Å². The van der Waals surface area contributed by atoms with Gasteiger partial charge < -0.3 is 10.4 Å². The number of pyridine rings is 1. The molecule has 2 N–H and O–H groups in total. The molecule has 1 aromatic rings. The van der Waals surface area contributed by atoms with Crippen molar-refractivity contribution in [1.82, 2.24) is 10.3 Å². The van der Waals surface area contributed by atoms with Gasteiger partial charge in [-0.05, 0) is 37.7 Å². The van der Waals surface area contributed by atoms with E-state index in [1.807, 2.05) is 11.8 Å². The maximum atomic E-state index is 12.3. The summed E-state index contributed by atoms with van der Waals surface area (Å²) in [6.45, 7) is 0. The van der Waals surface area contributed by atoms with Crippen molar-refractivity contribution < 1.29 is 14.7 Å². The second-order valence-electron chi connectivity index (χ2n) is 4.98. The molecular formula is C15H18N2O3S. The average molecular weight is 306 g/mol. The van der Waals surface area contributed by atoms with Gasteiger partial charge in [0, 0.05) is 40.9 Å². The zero-order chi connectivity index (χ0) is 15.2. The molecule has 2 atom stereocenters. The molecule has 0 bridgehead atoms. The lowest BCUT2D eigenvalue weighted by Crippen LogP contribution is -2.33. The van der Waals surface area contributed by atoms with Crippen LogP contribution in [-0.4, -0.2) is 39.5 Å². The molecule has 1 aliphatic carbocycles. The molecule has 2 rings (SSSR count). The summed E-state index contributed by atoms with van der Waals surface area (Å²) in [5.74, 6) is -1.22. The van der Waals surface area contributed by atoms with Crippen LogP contribution in [0.2, 0.25) is 0 Å². The Labute approximate surface area is 127 Å². The van der Waals surface area contributed by atoms with Crippen molar-refractivity contribution in [3.05, 3.63) is 35.7 Å². The molecule has 1 aliphatic rings. The third-order valence-electron chi connectivity index (χ3n) is 3.56. The van der Waals surface area contributed by atoms with Crippen LogP contribution >= 0.6 is 11.8 Å². The Balaban J connectivity index is 2.07. The van der Waals surface area contributed by atoms with Crippen LogP contribution in [-0.2, 0) is 4.79 Å². The SMILES string of the molecule is CSC1CCC(NC(=O)c2ccncc2/C=C/C(=O)O)C1. The maximum Gasteiger partial charge on any atom is 0.328 e. The van der Waals surface area contributed by atoms with Crippen molar-refractivity contribution >= 4 is 29.7 Å². The van der Waals surface area contributed by atoms with Crippen LogP contribution in [0.15, 0.2) is 24.5 Å². The number of thioether (sulfide) groups is 1. The first kappa shape index (κ1) is 15.6. The fourth-order valence-electron chi connectivity index (χ4n) is 2.46. The molecule has 0 aliphatic heterocycles. The molecule has 0 radical (unpaired) electrons. The largest absolute Gasteiger partial charge is 0.478 e. The van der Waals surface area contributed by atoms with Crippen molar-refractivity contribution in [1.29, 1.82) is 0 Å². The smallest absolute Gasteiger partial charge is 0.328 e. The lowest BCUT2D eigenvalue weighted by molar-refractivity contribution is -0.131. The van der Waals surface area contributed by atoms with E-state index in [1.54, 1.807) is 6.07 Å². The van der Waals surface area contributed by atoms with Crippen molar-refractivity contribution in [3.8, 4) is 0 Å². The number of rotatable bonds is 5. The van der Waals surface area contributed by atoms with E-state index in [-0.39, 0.29) is 11.9 Å². The van der Waals surface area contributed by atoms with Gasteiger partial charge in [0.1, 0.15) is 0 Å². The quantitative estimate of drug-likeness (QED) is 0.815. The van der Waals surface area contributed by atoms with Gasteiger partial charge in [0.2, 0.25) is 0 Å². The molecular weight excluding hydrogens is 288 g/mol. The summed E-state index contributed by atoms with van der Waals surface area (Å²) in [5.41, 5.74) is 0.965. The molecule has 1 aromatic heterocycles. The van der Waals surface area contributed by atoms with E-state index >= 15 is 0 Å². The fraction of sp³-hybridized carbons (Fsp3) is 0.400. The molecule has 5 nitrogen and oxygen atoms in total. The Hall–Kier alpha value is -1.82. The molecule has 0 saturated heterocycles. The number of nitrogens with zero attached hydrogens (tertiary/aromatic N) is 1. The lowest BCUT2D eigenvalue weighted by atomic mass is 10.1. The highest BCUT2D eigenvalue weighted by atomic mass is 32.2. The van der Waals surface area contributed by atoms with Crippen LogP contribution in [0, 0.1) is 0 Å². The van der Waals surface area contributed by atoms with Crippen LogP contribution in [0.25, 0.3) is 6.08 Å². The fourth-order valence-corrected chi connectivity index (χ4v) is 3.25. The summed E-state index contributed by atoms with van der Waals surface area (Å²) in [7, 11) is 0. The Morgan fingerprint density at radius 3 is 2.95 bits per heavy atom. The number of hydrogen-bond donors (Lipinski definition) is 2. The summed E-state index contributed by atoms with van der Waals surface area (Å²) in [4.78, 5) is 26.9. The normalized spacial score (nSPS) is 21.6. The van der Waals surface area contributed by atoms with Gasteiger partial charge in [0.15, 0.2) is 0 Å². The summed E-state index contributed by atoms with van der Waals surface area (Å²) in [6.07, 6.45) is 10.6. The van der Waals surface area contributed by atoms with Gasteiger partial charge in [0.05, 0.1) is 0 Å². The molecule has 21 heavy (non-hydrogen) atoms. The first-order chi connectivity index (χ1) is 10.1. The molecule has 2 unspecified atom stereocenters. The van der Waals surface area contributed by atoms with E-state index in [0.717, 1.165) is 25.3 Å². The third-order valence-corrected chi connectivity index (χ3v) is 4.65. The number of carbonyl (C=O) groups is 2. The average Bonchev–Trinajstić information content (AvgIpc) is 2.93. The van der Waals surface area contributed by atoms with Crippen LogP contribution < -0.4 is 5.32 Å². The lowest BCUT2D eigenvalue weighted by Gasteiger charge is -2.13. The Kier molecular flexibility index (Phi) is 5.38. The highest BCUT2D eigenvalue weighted by molar-refractivity contribution is 7.99. The Morgan fingerprint density at radius 1 is 1.48 bits per heavy atom. The molecule has 1 heterocycles. The molecule has 0 spiro atoms. The minimum absolute atomic E-state index is 0.172. The number of hydrogen-bond acceptors (Lipinski definition) is 4. The number of carboxylic acids is 1. The minimum Gasteiger partial charge on any atom is -0.478 e. The summed E-state index contributed by atoms with van der Waals surface area (Å²) in [5, 5.41) is 12.3. The minimum atomic E-state index is -1.05. The molecule has 1 saturated carbocycles. The van der Waals surface area contributed by atoms with Crippen LogP contribution in [0.1, 0.15) is 35.2 Å². The van der Waals surface area contributed by atoms with Gasteiger partial charge in [-0.2, -0.15) is 11.8 Å². The predicted molar refractivity (Wildman–Crippen MR) is 83.3 cm³/mol. The van der Waals surface area contributed by atoms with Gasteiger partial charge in [-0.3, -0.25) is 9.78 Å². The first-order valence-electron chi connectivity index (χ1n) is 6.79. The molecule has 1 amide bonds. The van der Waals surface area contributed by atoms with Crippen molar-refractivity contribution in [3.63, 3.8) is 0 Å². The monoisotopic (exact) mass is 306 g/mol. The van der Waals surface area contributed by atoms with Crippen molar-refractivity contribution in [2.45, 2.75) is 30.6 Å². The summed E-state index contributed by atoms with van der Waals surface area (Å²) >= 11 is 1.84. The number of amides is 1. The number of aromatic nitrogens is 1. The van der Waals surface area contributed by atoms with E-state index in [1.165, 1.54) is 18.5 Å². The highest BCUT2D eigenvalue weighted by Crippen LogP contribution is 2.28. The van der Waals surface area contributed by atoms with E-state index in [4.69, 9.17) is 5.11 Å². The van der Waals surface area contributed by atoms with Gasteiger partial charge in [-0.1, -0.05) is 0 Å². The first-order valence-corrected chi connectivity index (χ1v) is 8.07. The standard InChI is InChI=1S/C15H18N2O3S/c1-21-12-4-3-11(8-12)17-15(20)13-6-7-16-9-10(13)2-5-14(18)19/h2,5-7,9,11-12H,3-4,8H2,1H3,(H,17,20)(H,18,19)/b5-2+. The van der Waals surface area contributed by atoms with Crippen molar-refractivity contribution in [2.24, 2.45) is 0 Å². The predicted octanol–water partition coefficient (Wildman–Crippen LogP) is 2.19. The second kappa shape index (κ2) is 7.26. The number of aliphatic carboxylic acids is 1. The van der Waals surface area contributed by atoms with Crippen LogP contribution in [0.5, 0.6) is 0 Å². The van der Waals surface area contributed by atoms with Gasteiger partial charge in [-0.25, -0.2) is 4.79 Å². The van der Waals surface area contributed by atoms with E-state index < -0.39 is 5.97 Å². The molecule has 1 fully saturated rings. The van der Waals surface area contributed by atoms with Crippen LogP contribution in [0.4, 0.5) is 0 Å². The molecule has 112 valence electrons. The van der Waals surface area contributed by atoms with Gasteiger partial charge in [-0.15, -0.1) is 0 Å². The zero-order valence-electron chi connectivity index (χ0n) is 11.8. The Bertz CT molecular complexity index is 560. The summed E-state index contributed by atoms with van der Waals surface area (Å²) in [6, 6.07) is 1.80. The van der Waals surface area contributed by atoms with Gasteiger partial charge >= 0.3 is 5.97 Å². The number of carbonyl (C=O) groups excluding carboxylic acids is 1. The molecule has 0 aromatic carbocycles. The van der Waals surface area contributed by atoms with E-state index in [0.29, 0.717) is 16.4 Å². The van der Waals surface area contributed by atoms with E-state index in [2.05, 4.69) is 16.6 Å². The van der Waals surface area contributed by atoms with Gasteiger partial charge in [0.25, 0.3) is 5.91 Å². The topological polar surface area (TPSA) is 79.3 Å². The van der Waals surface area contributed by atoms with Crippen LogP contribution in [0.3, 0.4) is 0 Å². The number of nitrogens with one attached hydrogen (secondary N) is 1. The molecule has 6 heteroatoms. The maximum absolute atomic E-state index is 12.3. The Morgan fingerprint density at radius 2 is 2.29 bits per heavy atom.